The molecule has 2 heterocycles. The third kappa shape index (κ3) is 3.00. The first-order chi connectivity index (χ1) is 13.6. The molecular formula is C21H19N5O2. The topological polar surface area (TPSA) is 79.9 Å². The highest BCUT2D eigenvalue weighted by Gasteiger charge is 2.34. The lowest BCUT2D eigenvalue weighted by atomic mass is 10.0. The van der Waals surface area contributed by atoms with Gasteiger partial charge in [-0.15, -0.1) is 0 Å². The summed E-state index contributed by atoms with van der Waals surface area (Å²) in [4.78, 5) is 30.1. The minimum absolute atomic E-state index is 0.189. The van der Waals surface area contributed by atoms with Crippen LogP contribution >= 0.6 is 0 Å². The highest BCUT2D eigenvalue weighted by atomic mass is 16.2. The second-order valence-corrected chi connectivity index (χ2v) is 6.47. The molecule has 1 aromatic heterocycles. The Balaban J connectivity index is 1.70. The van der Waals surface area contributed by atoms with Gasteiger partial charge in [-0.25, -0.2) is 4.98 Å². The van der Waals surface area contributed by atoms with Gasteiger partial charge in [0.2, 0.25) is 0 Å². The van der Waals surface area contributed by atoms with Crippen LogP contribution in [0.4, 0.5) is 5.69 Å². The summed E-state index contributed by atoms with van der Waals surface area (Å²) in [6.45, 7) is 3.66. The van der Waals surface area contributed by atoms with Gasteiger partial charge < -0.3 is 0 Å². The van der Waals surface area contributed by atoms with Crippen LogP contribution in [0.15, 0.2) is 69.6 Å². The predicted molar refractivity (Wildman–Crippen MR) is 110 cm³/mol. The van der Waals surface area contributed by atoms with E-state index in [9.17, 15) is 9.59 Å². The van der Waals surface area contributed by atoms with Gasteiger partial charge >= 0.3 is 0 Å². The highest BCUT2D eigenvalue weighted by molar-refractivity contribution is 6.24. The molecule has 140 valence electrons. The Morgan fingerprint density at radius 1 is 1.07 bits per heavy atom. The van der Waals surface area contributed by atoms with E-state index in [4.69, 9.17) is 0 Å². The van der Waals surface area contributed by atoms with E-state index < -0.39 is 5.92 Å². The third-order valence-electron chi connectivity index (χ3n) is 4.67. The number of aromatic nitrogens is 2. The molecule has 1 aliphatic rings. The van der Waals surface area contributed by atoms with Gasteiger partial charge in [-0.3, -0.25) is 9.59 Å². The molecular weight excluding hydrogens is 354 g/mol. The van der Waals surface area contributed by atoms with Crippen molar-refractivity contribution in [3.63, 3.8) is 0 Å². The minimum Gasteiger partial charge on any atom is -0.271 e. The smallest absolute Gasteiger partial charge is 0.271 e. The van der Waals surface area contributed by atoms with Gasteiger partial charge in [0.1, 0.15) is 11.7 Å². The Hall–Kier alpha value is -3.61. The van der Waals surface area contributed by atoms with Crippen LogP contribution in [0.25, 0.3) is 10.9 Å². The van der Waals surface area contributed by atoms with Gasteiger partial charge in [-0.05, 0) is 37.6 Å². The summed E-state index contributed by atoms with van der Waals surface area (Å²) in [6, 6.07) is 16.4. The number of hydrogen-bond donors (Lipinski definition) is 0. The zero-order valence-electron chi connectivity index (χ0n) is 15.6. The first kappa shape index (κ1) is 17.8. The van der Waals surface area contributed by atoms with E-state index in [0.717, 1.165) is 0 Å². The van der Waals surface area contributed by atoms with Crippen LogP contribution in [0.5, 0.6) is 0 Å². The predicted octanol–water partition coefficient (Wildman–Crippen LogP) is 2.97. The molecule has 1 aliphatic heterocycles. The summed E-state index contributed by atoms with van der Waals surface area (Å²) in [5, 5.41) is 10.6. The van der Waals surface area contributed by atoms with Crippen LogP contribution < -0.4 is 10.6 Å². The number of fused-ring (bicyclic) bond motifs is 1. The first-order valence-electron chi connectivity index (χ1n) is 9.09. The molecule has 3 aromatic rings. The zero-order valence-corrected chi connectivity index (χ0v) is 15.6. The number of carbonyl (C=O) groups is 1. The molecule has 1 unspecified atom stereocenters. The number of anilines is 1. The summed E-state index contributed by atoms with van der Waals surface area (Å²) in [5.74, 6) is -0.338. The van der Waals surface area contributed by atoms with E-state index in [1.54, 1.807) is 25.1 Å². The summed E-state index contributed by atoms with van der Waals surface area (Å²) < 4.78 is 1.23. The van der Waals surface area contributed by atoms with E-state index in [-0.39, 0.29) is 11.5 Å². The van der Waals surface area contributed by atoms with Gasteiger partial charge in [-0.1, -0.05) is 37.3 Å². The molecule has 0 saturated heterocycles. The molecule has 1 amide bonds. The van der Waals surface area contributed by atoms with Crippen molar-refractivity contribution < 1.29 is 4.79 Å². The lowest BCUT2D eigenvalue weighted by molar-refractivity contribution is -0.118. The summed E-state index contributed by atoms with van der Waals surface area (Å²) in [6.07, 6.45) is 2.09. The summed E-state index contributed by atoms with van der Waals surface area (Å²) in [7, 11) is 0. The van der Waals surface area contributed by atoms with Crippen LogP contribution in [0.3, 0.4) is 0 Å². The Labute approximate surface area is 161 Å². The molecule has 1 atom stereocenters. The maximum atomic E-state index is 12.9. The molecule has 7 nitrogen and oxygen atoms in total. The van der Waals surface area contributed by atoms with Gasteiger partial charge in [0.05, 0.1) is 22.3 Å². The van der Waals surface area contributed by atoms with Crippen molar-refractivity contribution in [1.29, 1.82) is 0 Å². The Bertz CT molecular complexity index is 1160. The second kappa shape index (κ2) is 7.19. The van der Waals surface area contributed by atoms with Gasteiger partial charge in [0.15, 0.2) is 0 Å². The van der Waals surface area contributed by atoms with E-state index in [1.807, 2.05) is 43.3 Å². The number of carbonyl (C=O) groups excluding carboxylic acids is 1. The Kier molecular flexibility index (Phi) is 4.57. The largest absolute Gasteiger partial charge is 0.282 e. The number of nitrogens with zero attached hydrogens (tertiary/aromatic N) is 5. The lowest BCUT2D eigenvalue weighted by Gasteiger charge is -2.12. The van der Waals surface area contributed by atoms with E-state index in [1.165, 1.54) is 15.9 Å². The van der Waals surface area contributed by atoms with Crippen molar-refractivity contribution in [2.45, 2.75) is 20.3 Å². The fraction of sp³-hybridized carbons (Fsp3) is 0.190. The van der Waals surface area contributed by atoms with Crippen molar-refractivity contribution in [2.24, 2.45) is 16.1 Å². The minimum atomic E-state index is -0.608. The molecule has 4 rings (SSSR count). The number of hydrogen-bond acceptors (Lipinski definition) is 5. The Morgan fingerprint density at radius 3 is 2.54 bits per heavy atom. The maximum Gasteiger partial charge on any atom is 0.282 e. The van der Waals surface area contributed by atoms with Crippen molar-refractivity contribution in [3.8, 4) is 0 Å². The van der Waals surface area contributed by atoms with E-state index in [0.29, 0.717) is 34.5 Å². The molecule has 0 aliphatic carbocycles. The van der Waals surface area contributed by atoms with Gasteiger partial charge in [0, 0.05) is 6.21 Å². The normalized spacial score (nSPS) is 16.9. The van der Waals surface area contributed by atoms with E-state index >= 15 is 0 Å². The number of hydrazone groups is 1. The van der Waals surface area contributed by atoms with Gasteiger partial charge in [-0.2, -0.15) is 19.9 Å². The lowest BCUT2D eigenvalue weighted by Crippen LogP contribution is -2.29. The first-order valence-corrected chi connectivity index (χ1v) is 9.09. The fourth-order valence-corrected chi connectivity index (χ4v) is 3.21. The molecule has 0 fully saturated rings. The maximum absolute atomic E-state index is 12.9. The van der Waals surface area contributed by atoms with Crippen molar-refractivity contribution in [1.82, 2.24) is 9.66 Å². The van der Waals surface area contributed by atoms with Crippen LogP contribution in [-0.4, -0.2) is 27.5 Å². The van der Waals surface area contributed by atoms with Crippen molar-refractivity contribution in [2.75, 3.05) is 5.01 Å². The standard InChI is InChI=1S/C21H19N5O2/c1-3-18-17(21(28)26(24-18)15-9-5-4-6-10-15)13-22-25-14(2)23-19-12-8-7-11-16(19)20(25)27/h4-13,17H,3H2,1-2H3/b22-13+. The number of benzene rings is 2. The third-order valence-corrected chi connectivity index (χ3v) is 4.67. The van der Waals surface area contributed by atoms with Crippen molar-refractivity contribution in [3.05, 3.63) is 70.8 Å². The number of para-hydroxylation sites is 2. The van der Waals surface area contributed by atoms with Gasteiger partial charge in [0.25, 0.3) is 11.5 Å². The number of amides is 1. The van der Waals surface area contributed by atoms with Crippen LogP contribution in [0.1, 0.15) is 19.2 Å². The summed E-state index contributed by atoms with van der Waals surface area (Å²) >= 11 is 0. The quantitative estimate of drug-likeness (QED) is 0.660. The molecule has 0 N–H and O–H groups in total. The molecule has 0 spiro atoms. The molecule has 0 saturated carbocycles. The average molecular weight is 373 g/mol. The van der Waals surface area contributed by atoms with Crippen LogP contribution in [0.2, 0.25) is 0 Å². The molecule has 0 radical (unpaired) electrons. The number of aryl methyl sites for hydroxylation is 1. The number of rotatable bonds is 4. The van der Waals surface area contributed by atoms with Crippen molar-refractivity contribution >= 4 is 34.4 Å². The van der Waals surface area contributed by atoms with Crippen LogP contribution in [-0.2, 0) is 4.79 Å². The molecule has 7 heteroatoms. The average Bonchev–Trinajstić information content (AvgIpc) is 3.04. The Morgan fingerprint density at radius 2 is 1.79 bits per heavy atom. The molecule has 0 bridgehead atoms. The fourth-order valence-electron chi connectivity index (χ4n) is 3.21. The SMILES string of the molecule is CCC1=NN(c2ccccc2)C(=O)C1/C=N/n1c(C)nc2ccccc2c1=O. The monoisotopic (exact) mass is 373 g/mol. The van der Waals surface area contributed by atoms with Crippen LogP contribution in [0, 0.1) is 12.8 Å². The highest BCUT2D eigenvalue weighted by Crippen LogP contribution is 2.24. The zero-order chi connectivity index (χ0) is 19.7. The van der Waals surface area contributed by atoms with E-state index in [2.05, 4.69) is 15.2 Å². The molecule has 28 heavy (non-hydrogen) atoms. The summed E-state index contributed by atoms with van der Waals surface area (Å²) in [5.41, 5.74) is 1.77. The molecule has 2 aromatic carbocycles. The second-order valence-electron chi connectivity index (χ2n) is 6.47.